The lowest BCUT2D eigenvalue weighted by Gasteiger charge is -1.97. The zero-order chi connectivity index (χ0) is 8.43. The maximum Gasteiger partial charge on any atom is 0.356 e. The topological polar surface area (TPSA) is 76.2 Å². The monoisotopic (exact) mass is 172 g/mol. The van der Waals surface area contributed by atoms with Gasteiger partial charge in [0.15, 0.2) is 5.69 Å². The summed E-state index contributed by atoms with van der Waals surface area (Å²) in [6.45, 7) is 0. The Bertz CT molecular complexity index is 301. The molecule has 1 aromatic rings. The number of carboxylic acid groups (broad SMARTS) is 1. The van der Waals surface area contributed by atoms with Crippen LogP contribution in [0.15, 0.2) is 12.1 Å². The van der Waals surface area contributed by atoms with Crippen LogP contribution in [0, 0.1) is 0 Å². The van der Waals surface area contributed by atoms with Gasteiger partial charge in [-0.05, 0) is 12.1 Å². The molecule has 58 valence electrons. The largest absolute Gasteiger partial charge is 0.476 e. The lowest BCUT2D eigenvalue weighted by molar-refractivity contribution is 0.0692. The fourth-order valence-corrected chi connectivity index (χ4v) is 0.765. The summed E-state index contributed by atoms with van der Waals surface area (Å²) >= 11 is 5.43. The molecule has 0 saturated carbocycles. The standard InChI is InChI=1S/C6H5ClN2O2/c7-4-2-1-3(8)5(9-4)6(10)11/h1-2H,8H2,(H,10,11). The molecular formula is C6H5ClN2O2. The molecule has 0 bridgehead atoms. The number of hydrogen-bond acceptors (Lipinski definition) is 3. The average molecular weight is 173 g/mol. The third-order valence-corrected chi connectivity index (χ3v) is 1.31. The maximum atomic E-state index is 10.4. The van der Waals surface area contributed by atoms with Gasteiger partial charge in [0, 0.05) is 0 Å². The minimum Gasteiger partial charge on any atom is -0.476 e. The minimum absolute atomic E-state index is 0.113. The zero-order valence-corrected chi connectivity index (χ0v) is 6.17. The Hall–Kier alpha value is -1.29. The molecule has 0 aliphatic rings. The number of anilines is 1. The Morgan fingerprint density at radius 3 is 2.73 bits per heavy atom. The Labute approximate surface area is 67.6 Å². The van der Waals surface area contributed by atoms with Gasteiger partial charge in [-0.25, -0.2) is 9.78 Å². The van der Waals surface area contributed by atoms with Crippen LogP contribution in [0.3, 0.4) is 0 Å². The maximum absolute atomic E-state index is 10.4. The van der Waals surface area contributed by atoms with Gasteiger partial charge in [0.1, 0.15) is 5.15 Å². The molecule has 3 N–H and O–H groups in total. The number of nitrogens with zero attached hydrogens (tertiary/aromatic N) is 1. The van der Waals surface area contributed by atoms with Gasteiger partial charge < -0.3 is 10.8 Å². The number of aromatic carboxylic acids is 1. The SMILES string of the molecule is Nc1ccc(Cl)nc1C(=O)O. The first kappa shape index (κ1) is 7.81. The van der Waals surface area contributed by atoms with E-state index in [2.05, 4.69) is 4.98 Å². The summed E-state index contributed by atoms with van der Waals surface area (Å²) in [5.74, 6) is -1.18. The first-order chi connectivity index (χ1) is 5.11. The molecule has 0 atom stereocenters. The molecule has 5 heteroatoms. The van der Waals surface area contributed by atoms with Crippen molar-refractivity contribution in [3.8, 4) is 0 Å². The smallest absolute Gasteiger partial charge is 0.356 e. The molecule has 0 aliphatic carbocycles. The van der Waals surface area contributed by atoms with Crippen LogP contribution >= 0.6 is 11.6 Å². The minimum atomic E-state index is -1.18. The summed E-state index contributed by atoms with van der Waals surface area (Å²) in [5, 5.41) is 8.61. The summed E-state index contributed by atoms with van der Waals surface area (Å²) in [7, 11) is 0. The average Bonchev–Trinajstić information content (AvgIpc) is 1.94. The van der Waals surface area contributed by atoms with Gasteiger partial charge in [-0.1, -0.05) is 11.6 Å². The second-order valence-electron chi connectivity index (χ2n) is 1.88. The Morgan fingerprint density at radius 2 is 2.27 bits per heavy atom. The van der Waals surface area contributed by atoms with Crippen molar-refractivity contribution in [2.24, 2.45) is 0 Å². The molecular weight excluding hydrogens is 168 g/mol. The van der Waals surface area contributed by atoms with Gasteiger partial charge in [0.2, 0.25) is 0 Å². The summed E-state index contributed by atoms with van der Waals surface area (Å²) in [4.78, 5) is 13.9. The van der Waals surface area contributed by atoms with Crippen molar-refractivity contribution in [2.75, 3.05) is 5.73 Å². The van der Waals surface area contributed by atoms with Crippen molar-refractivity contribution < 1.29 is 9.90 Å². The van der Waals surface area contributed by atoms with Crippen LogP contribution < -0.4 is 5.73 Å². The van der Waals surface area contributed by atoms with Crippen molar-refractivity contribution in [3.63, 3.8) is 0 Å². The number of aromatic nitrogens is 1. The molecule has 4 nitrogen and oxygen atoms in total. The van der Waals surface area contributed by atoms with E-state index in [4.69, 9.17) is 22.4 Å². The second kappa shape index (κ2) is 2.75. The van der Waals surface area contributed by atoms with E-state index in [1.54, 1.807) is 0 Å². The summed E-state index contributed by atoms with van der Waals surface area (Å²) < 4.78 is 0. The van der Waals surface area contributed by atoms with Crippen LogP contribution in [0.5, 0.6) is 0 Å². The molecule has 0 radical (unpaired) electrons. The molecule has 0 spiro atoms. The first-order valence-corrected chi connectivity index (χ1v) is 3.14. The number of carbonyl (C=O) groups is 1. The summed E-state index contributed by atoms with van der Waals surface area (Å²) in [6, 6.07) is 2.84. The molecule has 1 rings (SSSR count). The van der Waals surface area contributed by atoms with Crippen molar-refractivity contribution in [1.29, 1.82) is 0 Å². The van der Waals surface area contributed by atoms with Gasteiger partial charge in [-0.15, -0.1) is 0 Å². The van der Waals surface area contributed by atoms with Crippen molar-refractivity contribution in [1.82, 2.24) is 4.98 Å². The van der Waals surface area contributed by atoms with Crippen LogP contribution in [-0.2, 0) is 0 Å². The van der Waals surface area contributed by atoms with Crippen LogP contribution in [-0.4, -0.2) is 16.1 Å². The highest BCUT2D eigenvalue weighted by molar-refractivity contribution is 6.29. The van der Waals surface area contributed by atoms with E-state index in [0.29, 0.717) is 0 Å². The summed E-state index contributed by atoms with van der Waals surface area (Å²) in [5.41, 5.74) is 5.19. The number of nitrogen functional groups attached to an aromatic ring is 1. The predicted octanol–water partition coefficient (Wildman–Crippen LogP) is 1.02. The molecule has 1 aromatic heterocycles. The fourth-order valence-electron chi connectivity index (χ4n) is 0.617. The van der Waals surface area contributed by atoms with E-state index in [9.17, 15) is 4.79 Å². The third kappa shape index (κ3) is 1.59. The number of nitrogens with two attached hydrogens (primary N) is 1. The molecule has 0 amide bonds. The summed E-state index contributed by atoms with van der Waals surface area (Å²) in [6.07, 6.45) is 0. The third-order valence-electron chi connectivity index (χ3n) is 1.10. The predicted molar refractivity (Wildman–Crippen MR) is 40.6 cm³/mol. The van der Waals surface area contributed by atoms with Crippen LogP contribution in [0.1, 0.15) is 10.5 Å². The number of halogens is 1. The molecule has 0 saturated heterocycles. The van der Waals surface area contributed by atoms with Crippen molar-refractivity contribution >= 4 is 23.3 Å². The van der Waals surface area contributed by atoms with Crippen LogP contribution in [0.2, 0.25) is 5.15 Å². The van der Waals surface area contributed by atoms with E-state index in [0.717, 1.165) is 0 Å². The van der Waals surface area contributed by atoms with E-state index in [1.807, 2.05) is 0 Å². The molecule has 0 aromatic carbocycles. The van der Waals surface area contributed by atoms with Crippen LogP contribution in [0.4, 0.5) is 5.69 Å². The molecule has 0 aliphatic heterocycles. The highest BCUT2D eigenvalue weighted by atomic mass is 35.5. The van der Waals surface area contributed by atoms with Crippen molar-refractivity contribution in [2.45, 2.75) is 0 Å². The Kier molecular flexibility index (Phi) is 1.96. The van der Waals surface area contributed by atoms with E-state index in [-0.39, 0.29) is 16.5 Å². The second-order valence-corrected chi connectivity index (χ2v) is 2.26. The van der Waals surface area contributed by atoms with Gasteiger partial charge in [-0.3, -0.25) is 0 Å². The normalized spacial score (nSPS) is 9.55. The van der Waals surface area contributed by atoms with Crippen LogP contribution in [0.25, 0.3) is 0 Å². The Balaban J connectivity index is 3.23. The molecule has 1 heterocycles. The first-order valence-electron chi connectivity index (χ1n) is 2.76. The van der Waals surface area contributed by atoms with Crippen molar-refractivity contribution in [3.05, 3.63) is 23.0 Å². The molecule has 0 fully saturated rings. The zero-order valence-electron chi connectivity index (χ0n) is 5.41. The number of rotatable bonds is 1. The fraction of sp³-hybridized carbons (Fsp3) is 0. The number of pyridine rings is 1. The number of carboxylic acids is 1. The molecule has 11 heavy (non-hydrogen) atoms. The number of hydrogen-bond donors (Lipinski definition) is 2. The lowest BCUT2D eigenvalue weighted by Crippen LogP contribution is -2.04. The van der Waals surface area contributed by atoms with E-state index < -0.39 is 5.97 Å². The van der Waals surface area contributed by atoms with Gasteiger partial charge in [-0.2, -0.15) is 0 Å². The quantitative estimate of drug-likeness (QED) is 0.620. The highest BCUT2D eigenvalue weighted by Crippen LogP contribution is 2.12. The van der Waals surface area contributed by atoms with E-state index in [1.165, 1.54) is 12.1 Å². The highest BCUT2D eigenvalue weighted by Gasteiger charge is 2.08. The van der Waals surface area contributed by atoms with Gasteiger partial charge in [0.05, 0.1) is 5.69 Å². The Morgan fingerprint density at radius 1 is 1.64 bits per heavy atom. The van der Waals surface area contributed by atoms with Gasteiger partial charge in [0.25, 0.3) is 0 Å². The lowest BCUT2D eigenvalue weighted by atomic mass is 10.3. The van der Waals surface area contributed by atoms with E-state index >= 15 is 0 Å². The van der Waals surface area contributed by atoms with Gasteiger partial charge >= 0.3 is 5.97 Å². The molecule has 0 unspecified atom stereocenters.